The van der Waals surface area contributed by atoms with E-state index in [0.717, 1.165) is 60.5 Å². The Morgan fingerprint density at radius 1 is 1.03 bits per heavy atom. The number of hydrogen-bond acceptors (Lipinski definition) is 7. The molecule has 0 radical (unpaired) electrons. The van der Waals surface area contributed by atoms with Gasteiger partial charge in [-0.05, 0) is 57.8 Å². The quantitative estimate of drug-likeness (QED) is 0.335. The van der Waals surface area contributed by atoms with E-state index in [-0.39, 0.29) is 11.7 Å². The molecule has 37 heavy (non-hydrogen) atoms. The van der Waals surface area contributed by atoms with Crippen LogP contribution in [0.3, 0.4) is 0 Å². The Bertz CT molecular complexity index is 1230. The maximum absolute atomic E-state index is 14.2. The maximum Gasteiger partial charge on any atom is 0.251 e. The number of aryl methyl sites for hydroxylation is 1. The summed E-state index contributed by atoms with van der Waals surface area (Å²) in [5.74, 6) is 1.37. The van der Waals surface area contributed by atoms with Crippen LogP contribution < -0.4 is 15.1 Å². The average Bonchev–Trinajstić information content (AvgIpc) is 2.89. The molecular formula is C28H35FN6OS. The molecule has 0 saturated carbocycles. The first-order chi connectivity index (χ1) is 17.8. The van der Waals surface area contributed by atoms with Gasteiger partial charge in [0.1, 0.15) is 11.6 Å². The number of likely N-dealkylation sites (N-methyl/N-ethyl adjacent to an activating group) is 1. The summed E-state index contributed by atoms with van der Waals surface area (Å²) < 4.78 is 14.2. The summed E-state index contributed by atoms with van der Waals surface area (Å²) >= 11 is 1.57. The fraction of sp³-hybridized carbons (Fsp3) is 0.393. The molecule has 1 saturated heterocycles. The molecule has 0 spiro atoms. The second-order valence-electron chi connectivity index (χ2n) is 9.51. The number of carbonyl (C=O) groups is 1. The number of nitrogens with one attached hydrogen (secondary N) is 1. The first-order valence-corrected chi connectivity index (χ1v) is 13.5. The van der Waals surface area contributed by atoms with E-state index in [1.165, 1.54) is 6.07 Å². The topological polar surface area (TPSA) is 64.6 Å². The van der Waals surface area contributed by atoms with Crippen LogP contribution in [0.1, 0.15) is 27.2 Å². The molecule has 2 heterocycles. The molecular weight excluding hydrogens is 487 g/mol. The summed E-state index contributed by atoms with van der Waals surface area (Å²) in [6.45, 7) is 8.47. The van der Waals surface area contributed by atoms with E-state index in [1.807, 2.05) is 62.3 Å². The zero-order valence-corrected chi connectivity index (χ0v) is 22.8. The number of halogens is 1. The van der Waals surface area contributed by atoms with Crippen LogP contribution in [-0.4, -0.2) is 74.1 Å². The van der Waals surface area contributed by atoms with Gasteiger partial charge in [0.2, 0.25) is 0 Å². The first kappa shape index (κ1) is 26.9. The second kappa shape index (κ2) is 12.4. The second-order valence-corrected chi connectivity index (χ2v) is 10.5. The predicted molar refractivity (Wildman–Crippen MR) is 149 cm³/mol. The molecule has 0 unspecified atom stereocenters. The predicted octanol–water partition coefficient (Wildman–Crippen LogP) is 4.14. The van der Waals surface area contributed by atoms with Crippen molar-refractivity contribution in [2.24, 2.45) is 0 Å². The third-order valence-corrected chi connectivity index (χ3v) is 7.44. The van der Waals surface area contributed by atoms with Crippen LogP contribution in [0.4, 0.5) is 15.9 Å². The lowest BCUT2D eigenvalue weighted by atomic mass is 10.1. The number of anilines is 2. The Hall–Kier alpha value is -3.17. The highest BCUT2D eigenvalue weighted by molar-refractivity contribution is 7.98. The number of nitrogens with zero attached hydrogens (tertiary/aromatic N) is 5. The highest BCUT2D eigenvalue weighted by Crippen LogP contribution is 2.28. The van der Waals surface area contributed by atoms with E-state index >= 15 is 0 Å². The molecule has 7 nitrogen and oxygen atoms in total. The zero-order valence-electron chi connectivity index (χ0n) is 22.0. The smallest absolute Gasteiger partial charge is 0.251 e. The third-order valence-electron chi connectivity index (χ3n) is 6.52. The molecule has 1 aliphatic rings. The lowest BCUT2D eigenvalue weighted by molar-refractivity contribution is 0.0951. The van der Waals surface area contributed by atoms with Crippen molar-refractivity contribution in [3.05, 3.63) is 76.7 Å². The van der Waals surface area contributed by atoms with Crippen molar-refractivity contribution in [1.29, 1.82) is 0 Å². The van der Waals surface area contributed by atoms with E-state index in [2.05, 4.69) is 22.0 Å². The number of amides is 1. The van der Waals surface area contributed by atoms with Gasteiger partial charge in [-0.1, -0.05) is 36.0 Å². The molecule has 1 N–H and O–H groups in total. The highest BCUT2D eigenvalue weighted by atomic mass is 32.2. The van der Waals surface area contributed by atoms with Gasteiger partial charge < -0.3 is 20.0 Å². The molecule has 0 atom stereocenters. The van der Waals surface area contributed by atoms with Crippen LogP contribution in [-0.2, 0) is 5.75 Å². The van der Waals surface area contributed by atoms with Gasteiger partial charge in [0.05, 0.1) is 5.69 Å². The van der Waals surface area contributed by atoms with Crippen molar-refractivity contribution in [2.75, 3.05) is 63.2 Å². The molecule has 3 aromatic rings. The Morgan fingerprint density at radius 3 is 2.49 bits per heavy atom. The Morgan fingerprint density at radius 2 is 1.76 bits per heavy atom. The monoisotopic (exact) mass is 522 g/mol. The van der Waals surface area contributed by atoms with Gasteiger partial charge in [0, 0.05) is 61.8 Å². The summed E-state index contributed by atoms with van der Waals surface area (Å²) in [5.41, 5.74) is 4.39. The molecule has 9 heteroatoms. The van der Waals surface area contributed by atoms with Crippen LogP contribution in [0.2, 0.25) is 0 Å². The van der Waals surface area contributed by atoms with Crippen LogP contribution >= 0.6 is 11.8 Å². The van der Waals surface area contributed by atoms with Gasteiger partial charge in [-0.2, -0.15) is 0 Å². The minimum Gasteiger partial charge on any atom is -0.366 e. The number of hydrogen-bond donors (Lipinski definition) is 1. The van der Waals surface area contributed by atoms with Crippen LogP contribution in [0.5, 0.6) is 0 Å². The highest BCUT2D eigenvalue weighted by Gasteiger charge is 2.23. The molecule has 196 valence electrons. The number of piperazine rings is 1. The van der Waals surface area contributed by atoms with Gasteiger partial charge in [0.25, 0.3) is 5.91 Å². The number of benzene rings is 2. The Balaban J connectivity index is 1.39. The number of rotatable bonds is 9. The van der Waals surface area contributed by atoms with Gasteiger partial charge >= 0.3 is 0 Å². The standard InChI is InChI=1S/C28H35FN6OS/c1-20-21(2)31-28(37-19-22-8-7-9-23(18-22)27(36)30-12-13-33(3)4)32-26(20)35-16-14-34(15-17-35)25-11-6-5-10-24(25)29/h5-11,18H,12-17,19H2,1-4H3,(H,30,36). The fourth-order valence-electron chi connectivity index (χ4n) is 4.27. The summed E-state index contributed by atoms with van der Waals surface area (Å²) in [6, 6.07) is 14.6. The third kappa shape index (κ3) is 6.99. The minimum absolute atomic E-state index is 0.0621. The van der Waals surface area contributed by atoms with Gasteiger partial charge in [-0.3, -0.25) is 4.79 Å². The normalized spacial score (nSPS) is 13.8. The van der Waals surface area contributed by atoms with E-state index in [1.54, 1.807) is 17.8 Å². The van der Waals surface area contributed by atoms with Crippen LogP contribution in [0, 0.1) is 19.7 Å². The van der Waals surface area contributed by atoms with Gasteiger partial charge in [-0.25, -0.2) is 14.4 Å². The van der Waals surface area contributed by atoms with E-state index in [0.29, 0.717) is 23.5 Å². The zero-order chi connectivity index (χ0) is 26.4. The molecule has 2 aromatic carbocycles. The van der Waals surface area contributed by atoms with Crippen molar-refractivity contribution >= 4 is 29.2 Å². The van der Waals surface area contributed by atoms with Gasteiger partial charge in [0.15, 0.2) is 5.16 Å². The van der Waals surface area contributed by atoms with E-state index < -0.39 is 0 Å². The summed E-state index contributed by atoms with van der Waals surface area (Å²) in [5, 5.41) is 3.68. The SMILES string of the molecule is Cc1nc(SCc2cccc(C(=O)NCCN(C)C)c2)nc(N2CCN(c3ccccc3F)CC2)c1C. The summed E-state index contributed by atoms with van der Waals surface area (Å²) in [7, 11) is 3.96. The average molecular weight is 523 g/mol. The van der Waals surface area contributed by atoms with Crippen molar-refractivity contribution in [1.82, 2.24) is 20.2 Å². The van der Waals surface area contributed by atoms with Crippen LogP contribution in [0.25, 0.3) is 0 Å². The van der Waals surface area contributed by atoms with Gasteiger partial charge in [-0.15, -0.1) is 0 Å². The fourth-order valence-corrected chi connectivity index (χ4v) is 5.10. The number of thioether (sulfide) groups is 1. The molecule has 1 amide bonds. The Kier molecular flexibility index (Phi) is 9.00. The molecule has 1 fully saturated rings. The first-order valence-electron chi connectivity index (χ1n) is 12.6. The van der Waals surface area contributed by atoms with Crippen molar-refractivity contribution in [3.8, 4) is 0 Å². The number of aromatic nitrogens is 2. The molecule has 1 aliphatic heterocycles. The van der Waals surface area contributed by atoms with Crippen molar-refractivity contribution in [2.45, 2.75) is 24.8 Å². The largest absolute Gasteiger partial charge is 0.366 e. The maximum atomic E-state index is 14.2. The number of carbonyl (C=O) groups excluding carboxylic acids is 1. The molecule has 1 aromatic heterocycles. The summed E-state index contributed by atoms with van der Waals surface area (Å²) in [6.07, 6.45) is 0. The van der Waals surface area contributed by atoms with Crippen LogP contribution in [0.15, 0.2) is 53.7 Å². The lowest BCUT2D eigenvalue weighted by Crippen LogP contribution is -2.47. The lowest BCUT2D eigenvalue weighted by Gasteiger charge is -2.37. The van der Waals surface area contributed by atoms with E-state index in [4.69, 9.17) is 9.97 Å². The molecule has 0 bridgehead atoms. The molecule has 0 aliphatic carbocycles. The Labute approximate surface area is 223 Å². The summed E-state index contributed by atoms with van der Waals surface area (Å²) in [4.78, 5) is 28.5. The number of para-hydroxylation sites is 1. The van der Waals surface area contributed by atoms with Crippen molar-refractivity contribution in [3.63, 3.8) is 0 Å². The molecule has 4 rings (SSSR count). The van der Waals surface area contributed by atoms with Crippen molar-refractivity contribution < 1.29 is 9.18 Å². The minimum atomic E-state index is -0.182. The van der Waals surface area contributed by atoms with E-state index in [9.17, 15) is 9.18 Å².